The average Bonchev–Trinajstić information content (AvgIpc) is 2.80. The van der Waals surface area contributed by atoms with Gasteiger partial charge in [0.1, 0.15) is 0 Å². The molecule has 0 saturated heterocycles. The maximum Gasteiger partial charge on any atom is 0.0851 e. The molecule has 0 aliphatic heterocycles. The fourth-order valence-electron chi connectivity index (χ4n) is 2.05. The van der Waals surface area contributed by atoms with Gasteiger partial charge in [0.25, 0.3) is 0 Å². The van der Waals surface area contributed by atoms with Crippen molar-refractivity contribution in [2.75, 3.05) is 18.5 Å². The van der Waals surface area contributed by atoms with Crippen molar-refractivity contribution in [2.24, 2.45) is 11.6 Å². The van der Waals surface area contributed by atoms with Crippen molar-refractivity contribution in [3.63, 3.8) is 0 Å². The average molecular weight is 438 g/mol. The lowest BCUT2D eigenvalue weighted by Gasteiger charge is -2.04. The number of hydrogen-bond donors (Lipinski definition) is 4. The molecule has 174 valence electrons. The molecule has 0 aliphatic rings. The number of rotatable bonds is 8. The van der Waals surface area contributed by atoms with Gasteiger partial charge in [-0.25, -0.2) is 5.90 Å². The molecule has 0 spiro atoms. The van der Waals surface area contributed by atoms with Crippen LogP contribution in [0.5, 0.6) is 0 Å². The summed E-state index contributed by atoms with van der Waals surface area (Å²) in [5.74, 6) is 4.88. The molecule has 1 atom stereocenters. The van der Waals surface area contributed by atoms with Gasteiger partial charge < -0.3 is 21.0 Å². The Bertz CT molecular complexity index is 769. The number of aliphatic hydroxyl groups is 1. The van der Waals surface area contributed by atoms with Gasteiger partial charge in [-0.3, -0.25) is 0 Å². The molecule has 5 heteroatoms. The zero-order valence-corrected chi connectivity index (χ0v) is 19.4. The quantitative estimate of drug-likeness (QED) is 0.138. The van der Waals surface area contributed by atoms with Crippen LogP contribution in [-0.4, -0.2) is 24.3 Å². The molecule has 0 heterocycles. The van der Waals surface area contributed by atoms with Crippen molar-refractivity contribution in [2.45, 2.75) is 19.9 Å². The standard InChI is InChI=1S/C9H14N2O.C9H13N.C7H8.C2H4O/c1-8-2-4-9(5-3-8)11-6-7-12-10;1-4-7-8(5-2)9(10)6-3;1-7-5-3-2-4-6-7;1-2-3/h2-5,11H,6-7,10H2,1H3;4-7,9H,1-3,10H2;2-6H,1H3;2-3H,1H2/b;8-7+;;. The van der Waals surface area contributed by atoms with E-state index in [9.17, 15) is 0 Å². The topological polar surface area (TPSA) is 93.5 Å². The maximum absolute atomic E-state index is 7.33. The van der Waals surface area contributed by atoms with Crippen LogP contribution in [-0.2, 0) is 4.84 Å². The largest absolute Gasteiger partial charge is 0.516 e. The second-order valence-electron chi connectivity index (χ2n) is 6.37. The molecule has 0 aromatic heterocycles. The van der Waals surface area contributed by atoms with E-state index in [1.54, 1.807) is 18.2 Å². The molecule has 0 fully saturated rings. The molecule has 0 saturated carbocycles. The summed E-state index contributed by atoms with van der Waals surface area (Å²) >= 11 is 0. The first kappa shape index (κ1) is 30.8. The number of benzene rings is 2. The SMILES string of the molecule is C=C/C=C(\C=C)C(N)C=C.C=CO.Cc1ccc(NCCON)cc1.Cc1ccccc1. The minimum Gasteiger partial charge on any atom is -0.516 e. The summed E-state index contributed by atoms with van der Waals surface area (Å²) in [7, 11) is 0. The Balaban J connectivity index is 0. The van der Waals surface area contributed by atoms with Gasteiger partial charge in [-0.15, -0.1) is 6.58 Å². The van der Waals surface area contributed by atoms with Crippen LogP contribution in [0.2, 0.25) is 0 Å². The van der Waals surface area contributed by atoms with E-state index >= 15 is 0 Å². The number of aryl methyl sites for hydroxylation is 2. The Labute approximate surface area is 194 Å². The number of hydrogen-bond acceptors (Lipinski definition) is 5. The van der Waals surface area contributed by atoms with Gasteiger partial charge in [0.15, 0.2) is 0 Å². The van der Waals surface area contributed by atoms with Gasteiger partial charge >= 0.3 is 0 Å². The van der Waals surface area contributed by atoms with E-state index in [2.05, 4.69) is 74.6 Å². The molecule has 2 aromatic rings. The van der Waals surface area contributed by atoms with Crippen LogP contribution in [0.25, 0.3) is 0 Å². The smallest absolute Gasteiger partial charge is 0.0851 e. The first-order valence-corrected chi connectivity index (χ1v) is 10.1. The minimum absolute atomic E-state index is 0.129. The van der Waals surface area contributed by atoms with Crippen LogP contribution in [0.15, 0.2) is 117 Å². The van der Waals surface area contributed by atoms with Gasteiger partial charge in [0.05, 0.1) is 12.9 Å². The first-order chi connectivity index (χ1) is 15.4. The van der Waals surface area contributed by atoms with Gasteiger partial charge in [-0.05, 0) is 31.6 Å². The highest BCUT2D eigenvalue weighted by Crippen LogP contribution is 2.07. The van der Waals surface area contributed by atoms with Crippen LogP contribution in [0.1, 0.15) is 11.1 Å². The summed E-state index contributed by atoms with van der Waals surface area (Å²) in [4.78, 5) is 4.42. The Kier molecular flexibility index (Phi) is 21.5. The summed E-state index contributed by atoms with van der Waals surface area (Å²) in [5.41, 5.74) is 10.2. The highest BCUT2D eigenvalue weighted by atomic mass is 16.6. The van der Waals surface area contributed by atoms with Crippen molar-refractivity contribution in [1.29, 1.82) is 0 Å². The van der Waals surface area contributed by atoms with Crippen molar-refractivity contribution >= 4 is 5.69 Å². The predicted octanol–water partition coefficient (Wildman–Crippen LogP) is 5.78. The van der Waals surface area contributed by atoms with E-state index in [-0.39, 0.29) is 6.04 Å². The summed E-state index contributed by atoms with van der Waals surface area (Å²) < 4.78 is 0. The predicted molar refractivity (Wildman–Crippen MR) is 140 cm³/mol. The Hall–Kier alpha value is -3.38. The Morgan fingerprint density at radius 2 is 1.53 bits per heavy atom. The van der Waals surface area contributed by atoms with E-state index in [0.29, 0.717) is 6.61 Å². The molecule has 6 N–H and O–H groups in total. The number of nitrogens with one attached hydrogen (secondary N) is 1. The van der Waals surface area contributed by atoms with Crippen molar-refractivity contribution < 1.29 is 9.94 Å². The molecule has 5 nitrogen and oxygen atoms in total. The number of anilines is 1. The summed E-state index contributed by atoms with van der Waals surface area (Å²) in [6.45, 7) is 19.0. The van der Waals surface area contributed by atoms with E-state index in [0.717, 1.165) is 24.1 Å². The molecule has 32 heavy (non-hydrogen) atoms. The fourth-order valence-corrected chi connectivity index (χ4v) is 2.05. The molecule has 1 unspecified atom stereocenters. The fraction of sp³-hybridized carbons (Fsp3) is 0.185. The van der Waals surface area contributed by atoms with Crippen LogP contribution in [0, 0.1) is 13.8 Å². The molecule has 2 aromatic carbocycles. The zero-order valence-electron chi connectivity index (χ0n) is 19.4. The van der Waals surface area contributed by atoms with E-state index in [1.807, 2.05) is 36.4 Å². The molecular weight excluding hydrogens is 398 g/mol. The summed E-state index contributed by atoms with van der Waals surface area (Å²) in [5, 5.41) is 10.5. The summed E-state index contributed by atoms with van der Waals surface area (Å²) in [6, 6.07) is 18.3. The van der Waals surface area contributed by atoms with Gasteiger partial charge in [0, 0.05) is 18.3 Å². The van der Waals surface area contributed by atoms with Crippen molar-refractivity contribution in [3.05, 3.63) is 128 Å². The van der Waals surface area contributed by atoms with E-state index < -0.39 is 0 Å². The van der Waals surface area contributed by atoms with Crippen molar-refractivity contribution in [1.82, 2.24) is 0 Å². The van der Waals surface area contributed by atoms with Crippen LogP contribution in [0.3, 0.4) is 0 Å². The molecule has 0 amide bonds. The lowest BCUT2D eigenvalue weighted by molar-refractivity contribution is 0.148. The third-order valence-electron chi connectivity index (χ3n) is 3.73. The number of aliphatic hydroxyl groups excluding tert-OH is 1. The van der Waals surface area contributed by atoms with Crippen LogP contribution in [0.4, 0.5) is 5.69 Å². The lowest BCUT2D eigenvalue weighted by Crippen LogP contribution is -2.17. The van der Waals surface area contributed by atoms with E-state index in [1.165, 1.54) is 11.1 Å². The molecular formula is C27H39N3O2. The molecule has 0 aliphatic carbocycles. The van der Waals surface area contributed by atoms with Crippen LogP contribution < -0.4 is 16.9 Å². The Morgan fingerprint density at radius 1 is 1.00 bits per heavy atom. The second-order valence-corrected chi connectivity index (χ2v) is 6.37. The van der Waals surface area contributed by atoms with Gasteiger partial charge in [-0.2, -0.15) is 0 Å². The van der Waals surface area contributed by atoms with Gasteiger partial charge in [0.2, 0.25) is 0 Å². The monoisotopic (exact) mass is 437 g/mol. The lowest BCUT2D eigenvalue weighted by atomic mass is 10.1. The highest BCUT2D eigenvalue weighted by molar-refractivity contribution is 5.44. The number of nitrogens with two attached hydrogens (primary N) is 2. The van der Waals surface area contributed by atoms with E-state index in [4.69, 9.17) is 16.7 Å². The Morgan fingerprint density at radius 3 is 1.91 bits per heavy atom. The third kappa shape index (κ3) is 18.6. The van der Waals surface area contributed by atoms with Crippen molar-refractivity contribution in [3.8, 4) is 0 Å². The first-order valence-electron chi connectivity index (χ1n) is 10.1. The van der Waals surface area contributed by atoms with Gasteiger partial charge in [-0.1, -0.05) is 97.6 Å². The second kappa shape index (κ2) is 22.3. The normalized spacial score (nSPS) is 10.3. The molecule has 0 bridgehead atoms. The molecule has 0 radical (unpaired) electrons. The minimum atomic E-state index is -0.129. The third-order valence-corrected chi connectivity index (χ3v) is 3.73. The van der Waals surface area contributed by atoms with Crippen LogP contribution >= 0.6 is 0 Å². The summed E-state index contributed by atoms with van der Waals surface area (Å²) in [6.07, 6.45) is 7.62. The zero-order chi connectivity index (χ0) is 24.6. The highest BCUT2D eigenvalue weighted by Gasteiger charge is 1.97. The number of allylic oxidation sites excluding steroid dienone is 2. The maximum atomic E-state index is 7.33. The molecule has 2 rings (SSSR count).